The molecule has 0 aromatic heterocycles. The van der Waals surface area contributed by atoms with Crippen molar-refractivity contribution in [2.45, 2.75) is 62.7 Å². The van der Waals surface area contributed by atoms with Gasteiger partial charge in [-0.2, -0.15) is 0 Å². The first-order chi connectivity index (χ1) is 15.1. The molecule has 4 rings (SSSR count). The van der Waals surface area contributed by atoms with Crippen molar-refractivity contribution < 1.29 is 9.84 Å². The van der Waals surface area contributed by atoms with Crippen molar-refractivity contribution >= 4 is 36.4 Å². The SMILES string of the molecule is CN[C@H]1CCN(CC(c2ccc(OCc3ccccc3)c(Cl)c2)C2(O)CCCCC2)C1.Cl.Cl. The van der Waals surface area contributed by atoms with E-state index in [-0.39, 0.29) is 30.7 Å². The minimum absolute atomic E-state index is 0. The molecule has 2 atom stereocenters. The molecule has 4 nitrogen and oxygen atoms in total. The van der Waals surface area contributed by atoms with Crippen molar-refractivity contribution in [2.75, 3.05) is 26.7 Å². The van der Waals surface area contributed by atoms with E-state index >= 15 is 0 Å². The number of hydrogen-bond donors (Lipinski definition) is 2. The molecule has 1 aliphatic carbocycles. The van der Waals surface area contributed by atoms with Crippen LogP contribution < -0.4 is 10.1 Å². The Kier molecular flexibility index (Phi) is 11.3. The lowest BCUT2D eigenvalue weighted by Gasteiger charge is -2.41. The third kappa shape index (κ3) is 7.24. The van der Waals surface area contributed by atoms with E-state index in [2.05, 4.69) is 16.3 Å². The monoisotopic (exact) mass is 514 g/mol. The largest absolute Gasteiger partial charge is 0.487 e. The number of aliphatic hydroxyl groups is 1. The van der Waals surface area contributed by atoms with Crippen molar-refractivity contribution in [3.8, 4) is 5.75 Å². The number of benzene rings is 2. The number of hydrogen-bond acceptors (Lipinski definition) is 4. The lowest BCUT2D eigenvalue weighted by Crippen LogP contribution is -2.44. The molecule has 0 radical (unpaired) electrons. The van der Waals surface area contributed by atoms with Crippen LogP contribution in [0.5, 0.6) is 5.75 Å². The van der Waals surface area contributed by atoms with Crippen LogP contribution in [0.1, 0.15) is 55.6 Å². The van der Waals surface area contributed by atoms with Crippen LogP contribution in [0, 0.1) is 0 Å². The van der Waals surface area contributed by atoms with Gasteiger partial charge in [0.2, 0.25) is 0 Å². The maximum Gasteiger partial charge on any atom is 0.138 e. The second-order valence-electron chi connectivity index (χ2n) is 9.21. The van der Waals surface area contributed by atoms with Crippen LogP contribution in [0.25, 0.3) is 0 Å². The van der Waals surface area contributed by atoms with Crippen LogP contribution in [0.4, 0.5) is 0 Å². The van der Waals surface area contributed by atoms with Gasteiger partial charge in [0, 0.05) is 25.0 Å². The molecule has 2 aromatic rings. The molecule has 2 aliphatic rings. The third-order valence-electron chi connectivity index (χ3n) is 7.08. The maximum absolute atomic E-state index is 11.7. The summed E-state index contributed by atoms with van der Waals surface area (Å²) >= 11 is 6.66. The molecule has 2 fully saturated rings. The molecule has 1 aliphatic heterocycles. The van der Waals surface area contributed by atoms with Gasteiger partial charge in [-0.15, -0.1) is 24.8 Å². The molecule has 7 heteroatoms. The Labute approximate surface area is 215 Å². The molecule has 2 aromatic carbocycles. The van der Waals surface area contributed by atoms with Gasteiger partial charge in [-0.25, -0.2) is 0 Å². The minimum atomic E-state index is -0.661. The fourth-order valence-corrected chi connectivity index (χ4v) is 5.42. The van der Waals surface area contributed by atoms with Crippen molar-refractivity contribution in [1.29, 1.82) is 0 Å². The van der Waals surface area contributed by atoms with Crippen LogP contribution in [-0.4, -0.2) is 48.3 Å². The lowest BCUT2D eigenvalue weighted by atomic mass is 9.72. The Morgan fingerprint density at radius 2 is 1.85 bits per heavy atom. The summed E-state index contributed by atoms with van der Waals surface area (Å²) in [5.74, 6) is 0.754. The molecule has 1 unspecified atom stereocenters. The first-order valence-electron chi connectivity index (χ1n) is 11.7. The van der Waals surface area contributed by atoms with E-state index < -0.39 is 5.60 Å². The number of likely N-dealkylation sites (tertiary alicyclic amines) is 1. The second kappa shape index (κ2) is 13.2. The van der Waals surface area contributed by atoms with Crippen LogP contribution in [0.2, 0.25) is 5.02 Å². The van der Waals surface area contributed by atoms with Crippen molar-refractivity contribution in [3.63, 3.8) is 0 Å². The number of likely N-dealkylation sites (N-methyl/N-ethyl adjacent to an activating group) is 1. The summed E-state index contributed by atoms with van der Waals surface area (Å²) < 4.78 is 5.98. The van der Waals surface area contributed by atoms with E-state index in [9.17, 15) is 5.11 Å². The molecule has 0 amide bonds. The van der Waals surface area contributed by atoms with E-state index in [1.165, 1.54) is 6.42 Å². The molecule has 1 saturated heterocycles. The molecule has 1 saturated carbocycles. The third-order valence-corrected chi connectivity index (χ3v) is 7.38. The fourth-order valence-electron chi connectivity index (χ4n) is 5.18. The number of nitrogens with zero attached hydrogens (tertiary/aromatic N) is 1. The van der Waals surface area contributed by atoms with Gasteiger partial charge in [0.05, 0.1) is 10.6 Å². The summed E-state index contributed by atoms with van der Waals surface area (Å²) in [6.07, 6.45) is 6.30. The van der Waals surface area contributed by atoms with Crippen LogP contribution in [0.3, 0.4) is 0 Å². The summed E-state index contributed by atoms with van der Waals surface area (Å²) in [6, 6.07) is 16.8. The Balaban J connectivity index is 0.00000193. The highest BCUT2D eigenvalue weighted by molar-refractivity contribution is 6.32. The Morgan fingerprint density at radius 3 is 2.48 bits per heavy atom. The van der Waals surface area contributed by atoms with E-state index in [4.69, 9.17) is 16.3 Å². The Morgan fingerprint density at radius 1 is 1.12 bits per heavy atom. The van der Waals surface area contributed by atoms with Gasteiger partial charge >= 0.3 is 0 Å². The zero-order valence-electron chi connectivity index (χ0n) is 19.3. The highest BCUT2D eigenvalue weighted by Gasteiger charge is 2.40. The van der Waals surface area contributed by atoms with Crippen molar-refractivity contribution in [2.24, 2.45) is 0 Å². The van der Waals surface area contributed by atoms with Gasteiger partial charge in [0.25, 0.3) is 0 Å². The average molecular weight is 516 g/mol. The van der Waals surface area contributed by atoms with E-state index in [0.29, 0.717) is 23.4 Å². The molecule has 0 bridgehead atoms. The molecule has 33 heavy (non-hydrogen) atoms. The summed E-state index contributed by atoms with van der Waals surface area (Å²) in [7, 11) is 2.04. The molecule has 2 N–H and O–H groups in total. The lowest BCUT2D eigenvalue weighted by molar-refractivity contribution is -0.0295. The summed E-state index contributed by atoms with van der Waals surface area (Å²) in [4.78, 5) is 2.49. The van der Waals surface area contributed by atoms with Crippen LogP contribution in [0.15, 0.2) is 48.5 Å². The minimum Gasteiger partial charge on any atom is -0.487 e. The van der Waals surface area contributed by atoms with Crippen LogP contribution in [-0.2, 0) is 6.61 Å². The number of nitrogens with one attached hydrogen (secondary N) is 1. The summed E-state index contributed by atoms with van der Waals surface area (Å²) in [6.45, 7) is 3.47. The van der Waals surface area contributed by atoms with E-state index in [0.717, 1.165) is 62.9 Å². The van der Waals surface area contributed by atoms with Gasteiger partial charge in [-0.3, -0.25) is 0 Å². The van der Waals surface area contributed by atoms with Gasteiger partial charge < -0.3 is 20.1 Å². The quantitative estimate of drug-likeness (QED) is 0.464. The van der Waals surface area contributed by atoms with Gasteiger partial charge in [0.1, 0.15) is 12.4 Å². The smallest absolute Gasteiger partial charge is 0.138 e. The Bertz CT molecular complexity index is 847. The van der Waals surface area contributed by atoms with Crippen LogP contribution >= 0.6 is 36.4 Å². The number of rotatable bonds is 8. The van der Waals surface area contributed by atoms with Gasteiger partial charge in [-0.1, -0.05) is 67.3 Å². The summed E-state index contributed by atoms with van der Waals surface area (Å²) in [5.41, 5.74) is 1.57. The van der Waals surface area contributed by atoms with Crippen molar-refractivity contribution in [3.05, 3.63) is 64.7 Å². The molecule has 184 valence electrons. The Hall–Kier alpha value is -1.01. The fraction of sp³-hybridized carbons (Fsp3) is 0.538. The first-order valence-corrected chi connectivity index (χ1v) is 12.0. The zero-order chi connectivity index (χ0) is 21.7. The number of ether oxygens (including phenoxy) is 1. The first kappa shape index (κ1) is 28.2. The highest BCUT2D eigenvalue weighted by Crippen LogP contribution is 2.42. The van der Waals surface area contributed by atoms with E-state index in [1.807, 2.05) is 49.5 Å². The molecule has 1 heterocycles. The normalized spacial score (nSPS) is 21.0. The zero-order valence-corrected chi connectivity index (χ0v) is 21.7. The predicted octanol–water partition coefficient (Wildman–Crippen LogP) is 5.84. The summed E-state index contributed by atoms with van der Waals surface area (Å²) in [5, 5.41) is 15.7. The van der Waals surface area contributed by atoms with E-state index in [1.54, 1.807) is 0 Å². The van der Waals surface area contributed by atoms with Gasteiger partial charge in [-0.05, 0) is 56.1 Å². The molecular formula is C26H37Cl3N2O2. The standard InChI is InChI=1S/C26H35ClN2O2.2ClH/c1-28-22-12-15-29(17-22)18-23(26(30)13-6-3-7-14-26)21-10-11-25(24(27)16-21)31-19-20-8-4-2-5-9-20;;/h2,4-5,8-11,16,22-23,28,30H,3,6-7,12-15,17-19H2,1H3;2*1H/t22-,23?;;/m0../s1. The molecule has 0 spiro atoms. The predicted molar refractivity (Wildman–Crippen MR) is 141 cm³/mol. The van der Waals surface area contributed by atoms with Crippen molar-refractivity contribution in [1.82, 2.24) is 10.2 Å². The molecular weight excluding hydrogens is 479 g/mol. The second-order valence-corrected chi connectivity index (χ2v) is 9.62. The highest BCUT2D eigenvalue weighted by atomic mass is 35.5. The average Bonchev–Trinajstić information content (AvgIpc) is 3.26. The number of halogens is 3. The van der Waals surface area contributed by atoms with Gasteiger partial charge in [0.15, 0.2) is 0 Å². The topological polar surface area (TPSA) is 44.7 Å². The maximum atomic E-state index is 11.7.